The summed E-state index contributed by atoms with van der Waals surface area (Å²) in [5.74, 6) is 0. The van der Waals surface area contributed by atoms with E-state index < -0.39 is 0 Å². The van der Waals surface area contributed by atoms with Gasteiger partial charge >= 0.3 is 0 Å². The van der Waals surface area contributed by atoms with Gasteiger partial charge in [-0.15, -0.1) is 10.2 Å². The molecule has 1 aromatic rings. The molecule has 7 heavy (non-hydrogen) atoms. The average molecular weight is 95.1 g/mol. The Hall–Kier alpha value is -1.12. The molecule has 1 aromatic heterocycles. The first-order chi connectivity index (χ1) is 3.29. The van der Waals surface area contributed by atoms with Gasteiger partial charge in [-0.2, -0.15) is 0 Å². The first-order valence-electron chi connectivity index (χ1n) is 1.85. The van der Waals surface area contributed by atoms with Crippen LogP contribution in [0.5, 0.6) is 0 Å². The fourth-order valence-corrected chi connectivity index (χ4v) is 0.337. The van der Waals surface area contributed by atoms with Gasteiger partial charge in [-0.05, 0) is 0 Å². The summed E-state index contributed by atoms with van der Waals surface area (Å²) in [5, 5.41) is 7.07. The van der Waals surface area contributed by atoms with Crippen LogP contribution in [-0.2, 0) is 0 Å². The Labute approximate surface area is 40.4 Å². The zero-order valence-electron chi connectivity index (χ0n) is 3.81. The molecule has 0 saturated carbocycles. The van der Waals surface area contributed by atoms with Gasteiger partial charge in [-0.1, -0.05) is 13.2 Å². The van der Waals surface area contributed by atoms with Gasteiger partial charge in [0.25, 0.3) is 0 Å². The molecular weight excluding hydrogens is 90.1 g/mol. The minimum absolute atomic E-state index is 0.560. The Kier molecular flexibility index (Phi) is 0.685. The number of hydrogen-bond acceptors (Lipinski definition) is 2. The molecule has 0 bridgehead atoms. The highest BCUT2D eigenvalue weighted by Crippen LogP contribution is 1.31. The maximum atomic E-state index is 3.54. The van der Waals surface area contributed by atoms with Gasteiger partial charge in [0, 0.05) is 0 Å². The number of nitrogens with one attached hydrogen (secondary N) is 1. The van der Waals surface area contributed by atoms with Crippen LogP contribution >= 0.6 is 0 Å². The normalized spacial score (nSPS) is 9.14. The molecule has 0 radical (unpaired) electrons. The van der Waals surface area contributed by atoms with E-state index in [0.717, 1.165) is 0 Å². The topological polar surface area (TPSA) is 41.6 Å². The van der Waals surface area contributed by atoms with Gasteiger partial charge in [0.15, 0.2) is 0 Å². The molecule has 1 rings (SSSR count). The van der Waals surface area contributed by atoms with E-state index in [1.54, 1.807) is 0 Å². The van der Waals surface area contributed by atoms with Crippen LogP contribution in [0.2, 0.25) is 0 Å². The van der Waals surface area contributed by atoms with Crippen LogP contribution in [0.3, 0.4) is 0 Å². The Morgan fingerprint density at radius 2 is 1.57 bits per heavy atom. The van der Waals surface area contributed by atoms with Crippen LogP contribution in [-0.4, -0.2) is 15.2 Å². The first-order valence-corrected chi connectivity index (χ1v) is 1.85. The summed E-state index contributed by atoms with van der Waals surface area (Å²) >= 11 is 0. The number of H-pyrrole nitrogens is 1. The molecule has 0 atom stereocenters. The standard InChI is InChI=1S/C4H5N3/c1-3-5-4(2)7-6-3/h5H,1-2H2. The lowest BCUT2D eigenvalue weighted by Gasteiger charge is -1.56. The van der Waals surface area contributed by atoms with Gasteiger partial charge in [0.05, 0.1) is 0 Å². The Morgan fingerprint density at radius 1 is 1.14 bits per heavy atom. The lowest BCUT2D eigenvalue weighted by atomic mass is 10.9. The largest absolute Gasteiger partial charge is 0.323 e. The zero-order chi connectivity index (χ0) is 5.28. The smallest absolute Gasteiger partial charge is 0.146 e. The van der Waals surface area contributed by atoms with E-state index in [0.29, 0.717) is 11.0 Å². The molecule has 0 aliphatic carbocycles. The molecule has 0 saturated heterocycles. The minimum atomic E-state index is 0.560. The summed E-state index contributed by atoms with van der Waals surface area (Å²) < 4.78 is 0. The molecule has 1 N–H and O–H groups in total. The van der Waals surface area contributed by atoms with Crippen molar-refractivity contribution >= 4 is 13.2 Å². The molecule has 0 unspecified atom stereocenters. The van der Waals surface area contributed by atoms with E-state index in [4.69, 9.17) is 0 Å². The molecule has 0 fully saturated rings. The monoisotopic (exact) mass is 95.0 g/mol. The van der Waals surface area contributed by atoms with Gasteiger partial charge in [-0.3, -0.25) is 0 Å². The van der Waals surface area contributed by atoms with Crippen LogP contribution in [0.15, 0.2) is 0 Å². The van der Waals surface area contributed by atoms with E-state index in [-0.39, 0.29) is 0 Å². The first kappa shape index (κ1) is 4.05. The second-order valence-electron chi connectivity index (χ2n) is 1.22. The average Bonchev–Trinajstić information content (AvgIpc) is 1.87. The van der Waals surface area contributed by atoms with Crippen LogP contribution in [0.25, 0.3) is 13.2 Å². The molecule has 36 valence electrons. The maximum Gasteiger partial charge on any atom is 0.146 e. The van der Waals surface area contributed by atoms with Gasteiger partial charge in [0.1, 0.15) is 11.0 Å². The third-order valence-corrected chi connectivity index (χ3v) is 0.580. The zero-order valence-corrected chi connectivity index (χ0v) is 3.81. The van der Waals surface area contributed by atoms with Crippen LogP contribution in [0, 0.1) is 0 Å². The fraction of sp³-hybridized carbons (Fsp3) is 0. The summed E-state index contributed by atoms with van der Waals surface area (Å²) in [4.78, 5) is 2.69. The van der Waals surface area contributed by atoms with Gasteiger partial charge in [0.2, 0.25) is 0 Å². The van der Waals surface area contributed by atoms with Gasteiger partial charge in [-0.25, -0.2) is 0 Å². The second-order valence-corrected chi connectivity index (χ2v) is 1.22. The highest BCUT2D eigenvalue weighted by atomic mass is 15.2. The predicted octanol–water partition coefficient (Wildman–Crippen LogP) is -1.37. The van der Waals surface area contributed by atoms with Crippen molar-refractivity contribution in [3.05, 3.63) is 11.0 Å². The summed E-state index contributed by atoms with van der Waals surface area (Å²) in [6.07, 6.45) is 0. The lowest BCUT2D eigenvalue weighted by molar-refractivity contribution is 1.04. The van der Waals surface area contributed by atoms with Crippen molar-refractivity contribution in [3.63, 3.8) is 0 Å². The molecule has 3 nitrogen and oxygen atoms in total. The van der Waals surface area contributed by atoms with Crippen molar-refractivity contribution in [1.82, 2.24) is 15.2 Å². The minimum Gasteiger partial charge on any atom is -0.323 e. The SMILES string of the molecule is C=c1nnc(=C)[nH]1. The van der Waals surface area contributed by atoms with Crippen LogP contribution in [0.4, 0.5) is 0 Å². The highest BCUT2D eigenvalue weighted by molar-refractivity contribution is 4.88. The number of rotatable bonds is 0. The van der Waals surface area contributed by atoms with E-state index in [1.807, 2.05) is 0 Å². The molecule has 0 spiro atoms. The number of hydrogen-bond donors (Lipinski definition) is 1. The van der Waals surface area contributed by atoms with Crippen molar-refractivity contribution < 1.29 is 0 Å². The third-order valence-electron chi connectivity index (χ3n) is 0.580. The number of nitrogens with zero attached hydrogens (tertiary/aromatic N) is 2. The predicted molar refractivity (Wildman–Crippen MR) is 26.7 cm³/mol. The summed E-state index contributed by atoms with van der Waals surface area (Å²) in [7, 11) is 0. The summed E-state index contributed by atoms with van der Waals surface area (Å²) in [6, 6.07) is 0. The summed E-state index contributed by atoms with van der Waals surface area (Å²) in [5.41, 5.74) is 1.12. The van der Waals surface area contributed by atoms with E-state index in [2.05, 4.69) is 28.3 Å². The van der Waals surface area contributed by atoms with Crippen molar-refractivity contribution in [2.24, 2.45) is 0 Å². The Bertz CT molecular complexity index is 211. The fourth-order valence-electron chi connectivity index (χ4n) is 0.337. The molecule has 0 aromatic carbocycles. The van der Waals surface area contributed by atoms with E-state index in [1.165, 1.54) is 0 Å². The maximum absolute atomic E-state index is 3.54. The van der Waals surface area contributed by atoms with Crippen molar-refractivity contribution in [2.75, 3.05) is 0 Å². The van der Waals surface area contributed by atoms with E-state index >= 15 is 0 Å². The quantitative estimate of drug-likeness (QED) is 0.431. The van der Waals surface area contributed by atoms with Crippen molar-refractivity contribution in [3.8, 4) is 0 Å². The van der Waals surface area contributed by atoms with Crippen molar-refractivity contribution in [2.45, 2.75) is 0 Å². The molecule has 3 heteroatoms. The second kappa shape index (κ2) is 1.18. The lowest BCUT2D eigenvalue weighted by Crippen LogP contribution is -2.06. The molecule has 0 aliphatic heterocycles. The summed E-state index contributed by atoms with van der Waals surface area (Å²) in [6.45, 7) is 6.94. The molecule has 0 amide bonds. The van der Waals surface area contributed by atoms with E-state index in [9.17, 15) is 0 Å². The molecule has 0 aliphatic rings. The Balaban J connectivity index is 3.59. The Morgan fingerprint density at radius 3 is 1.71 bits per heavy atom. The molecular formula is C4H5N3. The van der Waals surface area contributed by atoms with Gasteiger partial charge < -0.3 is 4.98 Å². The highest BCUT2D eigenvalue weighted by Gasteiger charge is 1.73. The number of aromatic nitrogens is 3. The van der Waals surface area contributed by atoms with Crippen LogP contribution < -0.4 is 11.0 Å². The third kappa shape index (κ3) is 0.652. The molecule has 1 heterocycles. The van der Waals surface area contributed by atoms with Crippen molar-refractivity contribution in [1.29, 1.82) is 0 Å². The van der Waals surface area contributed by atoms with Crippen LogP contribution in [0.1, 0.15) is 0 Å². The number of aromatic amines is 1.